The molecule has 9 nitrogen and oxygen atoms in total. The van der Waals surface area contributed by atoms with Crippen LogP contribution in [0.3, 0.4) is 0 Å². The molecule has 1 amide bonds. The highest BCUT2D eigenvalue weighted by Crippen LogP contribution is 2.33. The molecule has 1 saturated carbocycles. The topological polar surface area (TPSA) is 153 Å². The molecule has 162 valence electrons. The second-order valence-electron chi connectivity index (χ2n) is 7.17. The van der Waals surface area contributed by atoms with E-state index >= 15 is 0 Å². The molecule has 1 aromatic heterocycles. The Morgan fingerprint density at radius 2 is 1.93 bits per heavy atom. The monoisotopic (exact) mass is 440 g/mol. The Kier molecular flexibility index (Phi) is 5.90. The summed E-state index contributed by atoms with van der Waals surface area (Å²) in [6.07, 6.45) is 2.78. The standard InChI is InChI=1S/C18H22F2N6O3S/c1-30(28,29)11-6-4-10(5-7-11)24-17-14(16(22)27)23-9-13(26-17)25-12-3-2-8-18(19,20)15(12)21/h4-7,9,12,15H,2-3,8,21H2,1H3,(H2,22,27)(H2,24,25,26)/t12-,15-/m1/s1. The van der Waals surface area contributed by atoms with E-state index in [0.29, 0.717) is 18.5 Å². The Hall–Kier alpha value is -2.86. The molecule has 1 aliphatic carbocycles. The molecule has 1 aliphatic rings. The minimum Gasteiger partial charge on any atom is -0.364 e. The van der Waals surface area contributed by atoms with Gasteiger partial charge >= 0.3 is 0 Å². The molecule has 3 rings (SSSR count). The van der Waals surface area contributed by atoms with E-state index in [1.807, 2.05) is 0 Å². The fraction of sp³-hybridized carbons (Fsp3) is 0.389. The summed E-state index contributed by atoms with van der Waals surface area (Å²) in [6.45, 7) is 0. The van der Waals surface area contributed by atoms with Gasteiger partial charge in [0.05, 0.1) is 17.1 Å². The third-order valence-electron chi connectivity index (χ3n) is 4.83. The number of alkyl halides is 2. The molecule has 0 bridgehead atoms. The van der Waals surface area contributed by atoms with Crippen molar-refractivity contribution in [2.75, 3.05) is 16.9 Å². The minimum atomic E-state index is -3.36. The molecular formula is C18H22F2N6O3S. The molecule has 0 unspecified atom stereocenters. The van der Waals surface area contributed by atoms with Gasteiger partial charge in [-0.2, -0.15) is 0 Å². The molecule has 0 spiro atoms. The van der Waals surface area contributed by atoms with Gasteiger partial charge in [-0.1, -0.05) is 0 Å². The number of anilines is 3. The summed E-state index contributed by atoms with van der Waals surface area (Å²) in [4.78, 5) is 20.0. The van der Waals surface area contributed by atoms with Gasteiger partial charge in [-0.05, 0) is 37.1 Å². The van der Waals surface area contributed by atoms with Crippen LogP contribution in [-0.2, 0) is 9.84 Å². The number of sulfone groups is 1. The number of carbonyl (C=O) groups is 1. The summed E-state index contributed by atoms with van der Waals surface area (Å²) >= 11 is 0. The number of nitrogens with one attached hydrogen (secondary N) is 2. The van der Waals surface area contributed by atoms with Crippen molar-refractivity contribution in [3.63, 3.8) is 0 Å². The maximum Gasteiger partial charge on any atom is 0.271 e. The van der Waals surface area contributed by atoms with E-state index < -0.39 is 33.8 Å². The van der Waals surface area contributed by atoms with Gasteiger partial charge in [-0.3, -0.25) is 4.79 Å². The average molecular weight is 440 g/mol. The van der Waals surface area contributed by atoms with E-state index in [0.717, 1.165) is 6.26 Å². The lowest BCUT2D eigenvalue weighted by Gasteiger charge is -2.36. The predicted octanol–water partition coefficient (Wildman–Crippen LogP) is 1.65. The highest BCUT2D eigenvalue weighted by Gasteiger charge is 2.44. The Morgan fingerprint density at radius 3 is 2.53 bits per heavy atom. The number of nitrogens with two attached hydrogens (primary N) is 2. The van der Waals surface area contributed by atoms with Crippen molar-refractivity contribution in [2.24, 2.45) is 11.5 Å². The van der Waals surface area contributed by atoms with Gasteiger partial charge in [0.15, 0.2) is 21.3 Å². The molecule has 30 heavy (non-hydrogen) atoms. The van der Waals surface area contributed by atoms with Crippen LogP contribution in [-0.4, -0.2) is 48.6 Å². The van der Waals surface area contributed by atoms with Crippen molar-refractivity contribution in [3.8, 4) is 0 Å². The predicted molar refractivity (Wildman–Crippen MR) is 108 cm³/mol. The molecule has 1 aromatic carbocycles. The van der Waals surface area contributed by atoms with Gasteiger partial charge in [-0.25, -0.2) is 27.2 Å². The average Bonchev–Trinajstić information content (AvgIpc) is 2.65. The molecule has 0 aliphatic heterocycles. The zero-order chi connectivity index (χ0) is 22.1. The molecule has 2 atom stereocenters. The third kappa shape index (κ3) is 4.82. The number of hydrogen-bond acceptors (Lipinski definition) is 8. The summed E-state index contributed by atoms with van der Waals surface area (Å²) < 4.78 is 50.9. The highest BCUT2D eigenvalue weighted by molar-refractivity contribution is 7.90. The van der Waals surface area contributed by atoms with E-state index in [1.54, 1.807) is 0 Å². The van der Waals surface area contributed by atoms with Crippen LogP contribution in [0.25, 0.3) is 0 Å². The first-order chi connectivity index (χ1) is 14.0. The van der Waals surface area contributed by atoms with Crippen LogP contribution in [0.4, 0.5) is 26.1 Å². The van der Waals surface area contributed by atoms with Crippen LogP contribution >= 0.6 is 0 Å². The van der Waals surface area contributed by atoms with E-state index in [1.165, 1.54) is 30.5 Å². The SMILES string of the molecule is CS(=O)(=O)c1ccc(Nc2nc(N[C@@H]3CCCC(F)(F)[C@@H]3N)cnc2C(N)=O)cc1. The molecule has 1 heterocycles. The molecule has 1 fully saturated rings. The van der Waals surface area contributed by atoms with Gasteiger partial charge in [-0.15, -0.1) is 0 Å². The zero-order valence-corrected chi connectivity index (χ0v) is 16.9. The number of amides is 1. The maximum atomic E-state index is 13.9. The van der Waals surface area contributed by atoms with Crippen molar-refractivity contribution in [2.45, 2.75) is 42.2 Å². The number of benzene rings is 1. The third-order valence-corrected chi connectivity index (χ3v) is 5.96. The second-order valence-corrected chi connectivity index (χ2v) is 9.18. The van der Waals surface area contributed by atoms with Crippen LogP contribution in [0.2, 0.25) is 0 Å². The van der Waals surface area contributed by atoms with Crippen molar-refractivity contribution in [1.82, 2.24) is 9.97 Å². The summed E-state index contributed by atoms with van der Waals surface area (Å²) in [7, 11) is -3.36. The number of halogens is 2. The van der Waals surface area contributed by atoms with Crippen LogP contribution in [0.1, 0.15) is 29.8 Å². The van der Waals surface area contributed by atoms with Gasteiger partial charge in [0.2, 0.25) is 0 Å². The first-order valence-electron chi connectivity index (χ1n) is 9.11. The smallest absolute Gasteiger partial charge is 0.271 e. The largest absolute Gasteiger partial charge is 0.364 e. The Bertz CT molecular complexity index is 1050. The van der Waals surface area contributed by atoms with Gasteiger partial charge in [0.25, 0.3) is 11.8 Å². The number of rotatable bonds is 6. The molecule has 0 radical (unpaired) electrons. The van der Waals surface area contributed by atoms with Crippen LogP contribution < -0.4 is 22.1 Å². The van der Waals surface area contributed by atoms with E-state index in [-0.39, 0.29) is 28.6 Å². The molecular weight excluding hydrogens is 418 g/mol. The second kappa shape index (κ2) is 8.11. The number of hydrogen-bond donors (Lipinski definition) is 4. The van der Waals surface area contributed by atoms with E-state index in [4.69, 9.17) is 11.5 Å². The normalized spacial score (nSPS) is 21.1. The van der Waals surface area contributed by atoms with E-state index in [9.17, 15) is 22.0 Å². The Labute approximate surface area is 172 Å². The summed E-state index contributed by atoms with van der Waals surface area (Å²) in [5, 5.41) is 5.71. The van der Waals surface area contributed by atoms with Crippen molar-refractivity contribution >= 4 is 33.1 Å². The molecule has 0 saturated heterocycles. The number of aromatic nitrogens is 2. The van der Waals surface area contributed by atoms with Gasteiger partial charge in [0.1, 0.15) is 5.82 Å². The van der Waals surface area contributed by atoms with Gasteiger partial charge in [0, 0.05) is 24.4 Å². The summed E-state index contributed by atoms with van der Waals surface area (Å²) in [5.41, 5.74) is 11.3. The lowest BCUT2D eigenvalue weighted by Crippen LogP contribution is -2.55. The highest BCUT2D eigenvalue weighted by atomic mass is 32.2. The maximum absolute atomic E-state index is 13.9. The van der Waals surface area contributed by atoms with Crippen LogP contribution in [0, 0.1) is 0 Å². The lowest BCUT2D eigenvalue weighted by molar-refractivity contribution is -0.0554. The minimum absolute atomic E-state index is 0.00394. The molecule has 6 N–H and O–H groups in total. The number of primary amides is 1. The number of nitrogens with zero attached hydrogens (tertiary/aromatic N) is 2. The summed E-state index contributed by atoms with van der Waals surface area (Å²) in [6, 6.07) is 3.65. The van der Waals surface area contributed by atoms with Crippen molar-refractivity contribution < 1.29 is 22.0 Å². The molecule has 2 aromatic rings. The fourth-order valence-electron chi connectivity index (χ4n) is 3.20. The van der Waals surface area contributed by atoms with Gasteiger partial charge < -0.3 is 22.1 Å². The van der Waals surface area contributed by atoms with E-state index in [2.05, 4.69) is 20.6 Å². The van der Waals surface area contributed by atoms with Crippen LogP contribution in [0.15, 0.2) is 35.4 Å². The quantitative estimate of drug-likeness (QED) is 0.529. The lowest BCUT2D eigenvalue weighted by atomic mass is 9.87. The zero-order valence-electron chi connectivity index (χ0n) is 16.1. The molecule has 12 heteroatoms. The van der Waals surface area contributed by atoms with Crippen molar-refractivity contribution in [3.05, 3.63) is 36.2 Å². The van der Waals surface area contributed by atoms with Crippen molar-refractivity contribution in [1.29, 1.82) is 0 Å². The Morgan fingerprint density at radius 1 is 1.27 bits per heavy atom. The van der Waals surface area contributed by atoms with Crippen LogP contribution in [0.5, 0.6) is 0 Å². The summed E-state index contributed by atoms with van der Waals surface area (Å²) in [5.74, 6) is -3.69. The first kappa shape index (κ1) is 21.8. The fourth-order valence-corrected chi connectivity index (χ4v) is 3.83. The first-order valence-corrected chi connectivity index (χ1v) is 11.0. The Balaban J connectivity index is 1.85. The number of carbonyl (C=O) groups excluding carboxylic acids is 1.